The van der Waals surface area contributed by atoms with Crippen LogP contribution in [0.3, 0.4) is 0 Å². The maximum atomic E-state index is 12.2. The molecule has 0 aliphatic rings. The Labute approximate surface area is 120 Å². The van der Waals surface area contributed by atoms with Crippen molar-refractivity contribution in [2.45, 2.75) is 26.3 Å². The zero-order valence-electron chi connectivity index (χ0n) is 11.7. The van der Waals surface area contributed by atoms with Crippen molar-refractivity contribution in [3.8, 4) is 0 Å². The molecule has 112 valence electrons. The Morgan fingerprint density at radius 3 is 2.76 bits per heavy atom. The van der Waals surface area contributed by atoms with Gasteiger partial charge < -0.3 is 15.5 Å². The first-order chi connectivity index (χ1) is 9.93. The lowest BCUT2D eigenvalue weighted by Gasteiger charge is -2.12. The number of carbonyl (C=O) groups excluding carboxylic acids is 1. The lowest BCUT2D eigenvalue weighted by atomic mass is 10.2. The maximum absolute atomic E-state index is 12.2. The van der Waals surface area contributed by atoms with Gasteiger partial charge in [0.1, 0.15) is 11.6 Å². The first-order valence-electron chi connectivity index (χ1n) is 6.40. The van der Waals surface area contributed by atoms with Crippen LogP contribution in [0.2, 0.25) is 0 Å². The summed E-state index contributed by atoms with van der Waals surface area (Å²) in [6.45, 7) is 3.30. The number of aliphatic hydroxyl groups excluding tert-OH is 1. The number of carboxylic acids is 1. The first-order valence-corrected chi connectivity index (χ1v) is 6.40. The minimum absolute atomic E-state index is 0.0637. The van der Waals surface area contributed by atoms with Gasteiger partial charge in [-0.05, 0) is 19.9 Å². The van der Waals surface area contributed by atoms with Crippen molar-refractivity contribution in [2.24, 2.45) is 0 Å². The van der Waals surface area contributed by atoms with Crippen LogP contribution in [0.5, 0.6) is 0 Å². The lowest BCUT2D eigenvalue weighted by molar-refractivity contribution is -0.139. The molecule has 8 nitrogen and oxygen atoms in total. The molecule has 2 aromatic rings. The smallest absolute Gasteiger partial charge is 0.326 e. The number of hydrogen-bond acceptors (Lipinski definition) is 5. The predicted molar refractivity (Wildman–Crippen MR) is 73.1 cm³/mol. The van der Waals surface area contributed by atoms with E-state index in [1.54, 1.807) is 6.92 Å². The number of amides is 1. The standard InChI is InChI=1S/C13H16N4O4/c1-7-5-8(2)17-11(15-7)9(6-14-17)12(19)16-10(3-4-18)13(20)21/h5-6,10,18H,3-4H2,1-2H3,(H,16,19)(H,20,21)/t10-/m1/s1. The summed E-state index contributed by atoms with van der Waals surface area (Å²) in [5.41, 5.74) is 2.13. The van der Waals surface area contributed by atoms with Crippen LogP contribution < -0.4 is 5.32 Å². The zero-order chi connectivity index (χ0) is 15.6. The monoisotopic (exact) mass is 292 g/mol. The predicted octanol–water partition coefficient (Wildman–Crippen LogP) is -0.0885. The van der Waals surface area contributed by atoms with Crippen LogP contribution in [0, 0.1) is 13.8 Å². The highest BCUT2D eigenvalue weighted by molar-refractivity contribution is 6.01. The summed E-state index contributed by atoms with van der Waals surface area (Å²) >= 11 is 0. The quantitative estimate of drug-likeness (QED) is 0.709. The number of fused-ring (bicyclic) bond motifs is 1. The minimum Gasteiger partial charge on any atom is -0.480 e. The third kappa shape index (κ3) is 3.00. The van der Waals surface area contributed by atoms with E-state index in [1.807, 2.05) is 13.0 Å². The van der Waals surface area contributed by atoms with E-state index in [0.717, 1.165) is 11.4 Å². The van der Waals surface area contributed by atoms with E-state index < -0.39 is 17.9 Å². The molecule has 2 rings (SSSR count). The molecule has 8 heteroatoms. The Hall–Kier alpha value is -2.48. The molecule has 2 heterocycles. The fraction of sp³-hybridized carbons (Fsp3) is 0.385. The van der Waals surface area contributed by atoms with Gasteiger partial charge >= 0.3 is 5.97 Å². The summed E-state index contributed by atoms with van der Waals surface area (Å²) in [6, 6.07) is 0.677. The van der Waals surface area contributed by atoms with Crippen LogP contribution in [0.4, 0.5) is 0 Å². The van der Waals surface area contributed by atoms with Crippen molar-refractivity contribution in [1.29, 1.82) is 0 Å². The molecule has 21 heavy (non-hydrogen) atoms. The Balaban J connectivity index is 2.33. The minimum atomic E-state index is -1.20. The molecule has 0 unspecified atom stereocenters. The number of aliphatic carboxylic acids is 1. The maximum Gasteiger partial charge on any atom is 0.326 e. The first kappa shape index (κ1) is 14.9. The fourth-order valence-electron chi connectivity index (χ4n) is 2.05. The van der Waals surface area contributed by atoms with Gasteiger partial charge in [0.25, 0.3) is 5.91 Å². The number of nitrogens with zero attached hydrogens (tertiary/aromatic N) is 3. The number of carboxylic acid groups (broad SMARTS) is 1. The SMILES string of the molecule is Cc1cc(C)n2ncc(C(=O)N[C@H](CCO)C(=O)O)c2n1. The van der Waals surface area contributed by atoms with Crippen molar-refractivity contribution >= 4 is 17.5 Å². The van der Waals surface area contributed by atoms with Gasteiger partial charge in [0.2, 0.25) is 0 Å². The number of aromatic nitrogens is 3. The molecule has 0 aromatic carbocycles. The summed E-state index contributed by atoms with van der Waals surface area (Å²) in [4.78, 5) is 27.4. The molecule has 0 aliphatic carbocycles. The molecule has 0 aliphatic heterocycles. The molecule has 1 atom stereocenters. The van der Waals surface area contributed by atoms with E-state index in [-0.39, 0.29) is 18.6 Å². The van der Waals surface area contributed by atoms with Gasteiger partial charge in [0, 0.05) is 24.4 Å². The van der Waals surface area contributed by atoms with Crippen LogP contribution in [-0.2, 0) is 4.79 Å². The van der Waals surface area contributed by atoms with E-state index in [0.29, 0.717) is 5.65 Å². The van der Waals surface area contributed by atoms with Gasteiger partial charge in [0.05, 0.1) is 6.20 Å². The second-order valence-corrected chi connectivity index (χ2v) is 4.71. The number of aryl methyl sites for hydroxylation is 2. The van der Waals surface area contributed by atoms with E-state index in [1.165, 1.54) is 10.7 Å². The highest BCUT2D eigenvalue weighted by Crippen LogP contribution is 2.12. The number of carbonyl (C=O) groups is 2. The van der Waals surface area contributed by atoms with Gasteiger partial charge in [0.15, 0.2) is 5.65 Å². The molecule has 3 N–H and O–H groups in total. The summed E-state index contributed by atoms with van der Waals surface area (Å²) in [5.74, 6) is -1.78. The topological polar surface area (TPSA) is 117 Å². The molecule has 0 radical (unpaired) electrons. The summed E-state index contributed by atoms with van der Waals surface area (Å²) in [7, 11) is 0. The average Bonchev–Trinajstić information content (AvgIpc) is 2.81. The molecule has 1 amide bonds. The molecule has 0 saturated heterocycles. The Morgan fingerprint density at radius 2 is 2.14 bits per heavy atom. The molecule has 0 bridgehead atoms. The number of hydrogen-bond donors (Lipinski definition) is 3. The van der Waals surface area contributed by atoms with E-state index in [9.17, 15) is 9.59 Å². The summed E-state index contributed by atoms with van der Waals surface area (Å²) in [5, 5.41) is 24.3. The Morgan fingerprint density at radius 1 is 1.43 bits per heavy atom. The van der Waals surface area contributed by atoms with Crippen molar-refractivity contribution in [3.05, 3.63) is 29.2 Å². The van der Waals surface area contributed by atoms with Gasteiger partial charge in [-0.25, -0.2) is 14.3 Å². The van der Waals surface area contributed by atoms with Gasteiger partial charge in [-0.1, -0.05) is 0 Å². The van der Waals surface area contributed by atoms with Crippen LogP contribution in [0.1, 0.15) is 28.2 Å². The molecule has 0 fully saturated rings. The highest BCUT2D eigenvalue weighted by atomic mass is 16.4. The largest absolute Gasteiger partial charge is 0.480 e. The van der Waals surface area contributed by atoms with Crippen molar-refractivity contribution in [3.63, 3.8) is 0 Å². The van der Waals surface area contributed by atoms with Crippen LogP contribution in [0.25, 0.3) is 5.65 Å². The number of rotatable bonds is 5. The highest BCUT2D eigenvalue weighted by Gasteiger charge is 2.22. The van der Waals surface area contributed by atoms with Crippen molar-refractivity contribution in [2.75, 3.05) is 6.61 Å². The normalized spacial score (nSPS) is 12.3. The fourth-order valence-corrected chi connectivity index (χ4v) is 2.05. The molecule has 0 saturated carbocycles. The van der Waals surface area contributed by atoms with Crippen molar-refractivity contribution < 1.29 is 19.8 Å². The van der Waals surface area contributed by atoms with Crippen LogP contribution in [-0.4, -0.2) is 49.3 Å². The van der Waals surface area contributed by atoms with E-state index >= 15 is 0 Å². The third-order valence-corrected chi connectivity index (χ3v) is 3.04. The Bertz CT molecular complexity index is 695. The zero-order valence-corrected chi connectivity index (χ0v) is 11.7. The molecular weight excluding hydrogens is 276 g/mol. The molecular formula is C13H16N4O4. The van der Waals surface area contributed by atoms with Crippen LogP contribution in [0.15, 0.2) is 12.3 Å². The third-order valence-electron chi connectivity index (χ3n) is 3.04. The number of aliphatic hydroxyl groups is 1. The van der Waals surface area contributed by atoms with Crippen LogP contribution >= 0.6 is 0 Å². The van der Waals surface area contributed by atoms with E-state index in [2.05, 4.69) is 15.4 Å². The average molecular weight is 292 g/mol. The molecule has 0 spiro atoms. The second-order valence-electron chi connectivity index (χ2n) is 4.71. The number of nitrogens with one attached hydrogen (secondary N) is 1. The van der Waals surface area contributed by atoms with Gasteiger partial charge in [-0.2, -0.15) is 5.10 Å². The molecule has 2 aromatic heterocycles. The summed E-state index contributed by atoms with van der Waals surface area (Å²) in [6.07, 6.45) is 1.29. The second kappa shape index (κ2) is 5.88. The van der Waals surface area contributed by atoms with Crippen molar-refractivity contribution in [1.82, 2.24) is 19.9 Å². The Kier molecular flexibility index (Phi) is 4.18. The summed E-state index contributed by atoms with van der Waals surface area (Å²) < 4.78 is 1.52. The van der Waals surface area contributed by atoms with Gasteiger partial charge in [-0.15, -0.1) is 0 Å². The van der Waals surface area contributed by atoms with Gasteiger partial charge in [-0.3, -0.25) is 4.79 Å². The lowest BCUT2D eigenvalue weighted by Crippen LogP contribution is -2.41. The van der Waals surface area contributed by atoms with E-state index in [4.69, 9.17) is 10.2 Å².